The van der Waals surface area contributed by atoms with Gasteiger partial charge in [0.15, 0.2) is 0 Å². The van der Waals surface area contributed by atoms with E-state index in [0.29, 0.717) is 25.9 Å². The second-order valence-electron chi connectivity index (χ2n) is 5.73. The van der Waals surface area contributed by atoms with Crippen molar-refractivity contribution >= 4 is 21.9 Å². The number of carboxylic acid groups (broad SMARTS) is 1. The third-order valence-electron chi connectivity index (χ3n) is 3.99. The summed E-state index contributed by atoms with van der Waals surface area (Å²) in [7, 11) is -0.984. The van der Waals surface area contributed by atoms with Crippen LogP contribution in [0.2, 0.25) is 0 Å². The predicted octanol–water partition coefficient (Wildman–Crippen LogP) is 0.775. The molecule has 1 fully saturated rings. The standard InChI is InChI=1S/C14H20N2O6S/c1-9-11(8-12(22-9)23(20,21)15(2)3)13(17)16-6-4-10(5-7-16)14(18)19/h8,10H,4-7H2,1-3H3,(H,18,19). The third-order valence-corrected chi connectivity index (χ3v) is 5.66. The normalized spacial score (nSPS) is 16.8. The molecule has 9 heteroatoms. The minimum absolute atomic E-state index is 0.194. The first-order valence-corrected chi connectivity index (χ1v) is 8.63. The van der Waals surface area contributed by atoms with E-state index in [1.807, 2.05) is 0 Å². The summed E-state index contributed by atoms with van der Waals surface area (Å²) in [5.74, 6) is -1.39. The molecule has 2 rings (SSSR count). The number of sulfonamides is 1. The van der Waals surface area contributed by atoms with Crippen molar-refractivity contribution in [3.05, 3.63) is 17.4 Å². The van der Waals surface area contributed by atoms with Crippen LogP contribution in [0, 0.1) is 12.8 Å². The number of rotatable bonds is 4. The summed E-state index contributed by atoms with van der Waals surface area (Å²) in [5, 5.41) is 8.71. The molecule has 128 valence electrons. The number of aryl methyl sites for hydroxylation is 1. The Morgan fingerprint density at radius 3 is 2.35 bits per heavy atom. The summed E-state index contributed by atoms with van der Waals surface area (Å²) >= 11 is 0. The maximum atomic E-state index is 12.5. The lowest BCUT2D eigenvalue weighted by atomic mass is 9.96. The topological polar surface area (TPSA) is 108 Å². The zero-order valence-electron chi connectivity index (χ0n) is 13.3. The molecule has 1 aromatic rings. The molecule has 0 aliphatic carbocycles. The molecule has 0 atom stereocenters. The van der Waals surface area contributed by atoms with E-state index in [0.717, 1.165) is 4.31 Å². The van der Waals surface area contributed by atoms with Crippen molar-refractivity contribution in [3.8, 4) is 0 Å². The Bertz CT molecular complexity index is 714. The van der Waals surface area contributed by atoms with E-state index in [1.54, 1.807) is 0 Å². The molecule has 0 unspecified atom stereocenters. The first-order chi connectivity index (χ1) is 10.6. The largest absolute Gasteiger partial charge is 0.481 e. The molecule has 23 heavy (non-hydrogen) atoms. The summed E-state index contributed by atoms with van der Waals surface area (Å²) in [6, 6.07) is 1.23. The van der Waals surface area contributed by atoms with Gasteiger partial charge in [-0.1, -0.05) is 0 Å². The van der Waals surface area contributed by atoms with E-state index in [4.69, 9.17) is 9.52 Å². The van der Waals surface area contributed by atoms with E-state index in [1.165, 1.54) is 32.0 Å². The molecule has 0 bridgehead atoms. The van der Waals surface area contributed by atoms with Gasteiger partial charge >= 0.3 is 5.97 Å². The van der Waals surface area contributed by atoms with Crippen molar-refractivity contribution in [2.75, 3.05) is 27.2 Å². The number of likely N-dealkylation sites (tertiary alicyclic amines) is 1. The summed E-state index contributed by atoms with van der Waals surface area (Å²) in [4.78, 5) is 25.0. The highest BCUT2D eigenvalue weighted by Crippen LogP contribution is 2.25. The van der Waals surface area contributed by atoms with Gasteiger partial charge in [-0.05, 0) is 19.8 Å². The zero-order valence-corrected chi connectivity index (χ0v) is 14.1. The van der Waals surface area contributed by atoms with Crippen molar-refractivity contribution < 1.29 is 27.5 Å². The fraction of sp³-hybridized carbons (Fsp3) is 0.571. The first kappa shape index (κ1) is 17.5. The Morgan fingerprint density at radius 2 is 1.87 bits per heavy atom. The molecule has 1 saturated heterocycles. The molecule has 0 radical (unpaired) electrons. The maximum Gasteiger partial charge on any atom is 0.306 e. The van der Waals surface area contributed by atoms with Gasteiger partial charge in [0.2, 0.25) is 5.09 Å². The van der Waals surface area contributed by atoms with Crippen LogP contribution in [-0.4, -0.2) is 61.8 Å². The lowest BCUT2D eigenvalue weighted by Gasteiger charge is -2.29. The van der Waals surface area contributed by atoms with Crippen molar-refractivity contribution in [3.63, 3.8) is 0 Å². The highest BCUT2D eigenvalue weighted by Gasteiger charge is 2.31. The first-order valence-electron chi connectivity index (χ1n) is 7.19. The summed E-state index contributed by atoms with van der Waals surface area (Å²) in [5.41, 5.74) is 0.194. The number of amides is 1. The van der Waals surface area contributed by atoms with Crippen molar-refractivity contribution in [1.82, 2.24) is 9.21 Å². The third kappa shape index (κ3) is 3.40. The molecule has 0 saturated carbocycles. The molecule has 2 heterocycles. The van der Waals surface area contributed by atoms with E-state index in [9.17, 15) is 18.0 Å². The fourth-order valence-corrected chi connectivity index (χ4v) is 3.33. The highest BCUT2D eigenvalue weighted by molar-refractivity contribution is 7.88. The number of hydrogen-bond acceptors (Lipinski definition) is 5. The summed E-state index contributed by atoms with van der Waals surface area (Å²) in [6.07, 6.45) is 0.779. The number of nitrogens with zero attached hydrogens (tertiary/aromatic N) is 2. The number of carbonyl (C=O) groups is 2. The minimum Gasteiger partial charge on any atom is -0.481 e. The number of piperidine rings is 1. The van der Waals surface area contributed by atoms with Crippen LogP contribution in [0.25, 0.3) is 0 Å². The van der Waals surface area contributed by atoms with Crippen molar-refractivity contribution in [2.24, 2.45) is 5.92 Å². The molecule has 0 spiro atoms. The molecular formula is C14H20N2O6S. The fourth-order valence-electron chi connectivity index (χ4n) is 2.47. The minimum atomic E-state index is -3.74. The maximum absolute atomic E-state index is 12.5. The lowest BCUT2D eigenvalue weighted by Crippen LogP contribution is -2.40. The van der Waals surface area contributed by atoms with Crippen LogP contribution in [-0.2, 0) is 14.8 Å². The molecule has 8 nitrogen and oxygen atoms in total. The van der Waals surface area contributed by atoms with Crippen LogP contribution in [0.4, 0.5) is 0 Å². The number of carboxylic acids is 1. The quantitative estimate of drug-likeness (QED) is 0.864. The molecule has 1 aliphatic heterocycles. The second kappa shape index (κ2) is 6.32. The molecular weight excluding hydrogens is 324 g/mol. The SMILES string of the molecule is Cc1oc(S(=O)(=O)N(C)C)cc1C(=O)N1CCC(C(=O)O)CC1. The van der Waals surface area contributed by atoms with Gasteiger partial charge in [0.25, 0.3) is 15.9 Å². The Morgan fingerprint density at radius 1 is 1.30 bits per heavy atom. The predicted molar refractivity (Wildman–Crippen MR) is 80.6 cm³/mol. The van der Waals surface area contributed by atoms with E-state index in [2.05, 4.69) is 0 Å². The van der Waals surface area contributed by atoms with Crippen LogP contribution in [0.5, 0.6) is 0 Å². The van der Waals surface area contributed by atoms with Crippen molar-refractivity contribution in [1.29, 1.82) is 0 Å². The van der Waals surface area contributed by atoms with Gasteiger partial charge < -0.3 is 14.4 Å². The number of aliphatic carboxylic acids is 1. The number of carbonyl (C=O) groups excluding carboxylic acids is 1. The van der Waals surface area contributed by atoms with Crippen LogP contribution < -0.4 is 0 Å². The monoisotopic (exact) mass is 344 g/mol. The highest BCUT2D eigenvalue weighted by atomic mass is 32.2. The van der Waals surface area contributed by atoms with Gasteiger partial charge in [-0.15, -0.1) is 0 Å². The lowest BCUT2D eigenvalue weighted by molar-refractivity contribution is -0.143. The molecule has 1 amide bonds. The Hall–Kier alpha value is -1.87. The Kier molecular flexibility index (Phi) is 4.81. The number of hydrogen-bond donors (Lipinski definition) is 1. The summed E-state index contributed by atoms with van der Waals surface area (Å²) < 4.78 is 30.4. The number of furan rings is 1. The van der Waals surface area contributed by atoms with Gasteiger partial charge in [0, 0.05) is 33.3 Å². The summed E-state index contributed by atoms with van der Waals surface area (Å²) in [6.45, 7) is 2.19. The Balaban J connectivity index is 2.19. The Labute approximate surface area is 134 Å². The van der Waals surface area contributed by atoms with Crippen LogP contribution in [0.15, 0.2) is 15.6 Å². The van der Waals surface area contributed by atoms with E-state index < -0.39 is 21.9 Å². The zero-order chi connectivity index (χ0) is 17.4. The average molecular weight is 344 g/mol. The smallest absolute Gasteiger partial charge is 0.306 e. The van der Waals surface area contributed by atoms with E-state index >= 15 is 0 Å². The average Bonchev–Trinajstić information content (AvgIpc) is 2.89. The van der Waals surface area contributed by atoms with Gasteiger partial charge in [0.1, 0.15) is 5.76 Å². The molecule has 1 aromatic heterocycles. The van der Waals surface area contributed by atoms with Crippen LogP contribution in [0.1, 0.15) is 29.0 Å². The van der Waals surface area contributed by atoms with Crippen molar-refractivity contribution in [2.45, 2.75) is 24.9 Å². The second-order valence-corrected chi connectivity index (χ2v) is 7.81. The van der Waals surface area contributed by atoms with Gasteiger partial charge in [-0.3, -0.25) is 9.59 Å². The molecule has 1 N–H and O–H groups in total. The van der Waals surface area contributed by atoms with Gasteiger partial charge in [-0.2, -0.15) is 0 Å². The van der Waals surface area contributed by atoms with Crippen LogP contribution in [0.3, 0.4) is 0 Å². The van der Waals surface area contributed by atoms with Gasteiger partial charge in [-0.25, -0.2) is 12.7 Å². The van der Waals surface area contributed by atoms with Gasteiger partial charge in [0.05, 0.1) is 11.5 Å². The molecule has 0 aromatic carbocycles. The van der Waals surface area contributed by atoms with Crippen LogP contribution >= 0.6 is 0 Å². The van der Waals surface area contributed by atoms with E-state index in [-0.39, 0.29) is 22.3 Å². The molecule has 1 aliphatic rings.